The number of nitrogens with zero attached hydrogens (tertiary/aromatic N) is 1. The lowest BCUT2D eigenvalue weighted by atomic mass is 10.5. The summed E-state index contributed by atoms with van der Waals surface area (Å²) in [5.74, 6) is -0.578. The number of hydrogen-bond acceptors (Lipinski definition) is 4. The topological polar surface area (TPSA) is 69.4 Å². The highest BCUT2D eigenvalue weighted by molar-refractivity contribution is 7.64. The van der Waals surface area contributed by atoms with Crippen molar-refractivity contribution in [2.75, 3.05) is 13.2 Å². The number of esters is 1. The lowest BCUT2D eigenvalue weighted by Gasteiger charge is -2.06. The van der Waals surface area contributed by atoms with Gasteiger partial charge in [-0.1, -0.05) is 0 Å². The number of hydrogen-bond donors (Lipinski definition) is 0. The van der Waals surface area contributed by atoms with E-state index < -0.39 is 23.4 Å². The Morgan fingerprint density at radius 2 is 2.00 bits per heavy atom. The summed E-state index contributed by atoms with van der Waals surface area (Å²) < 4.78 is 4.51. The van der Waals surface area contributed by atoms with Crippen LogP contribution in [0.5, 0.6) is 0 Å². The summed E-state index contributed by atoms with van der Waals surface area (Å²) in [4.78, 5) is 20.2. The van der Waals surface area contributed by atoms with E-state index in [2.05, 4.69) is 4.74 Å². The summed E-state index contributed by atoms with van der Waals surface area (Å²) >= 11 is 16.5. The lowest BCUT2D eigenvalue weighted by Crippen LogP contribution is -2.16. The minimum Gasteiger partial charge on any atom is -0.459 e. The van der Waals surface area contributed by atoms with Crippen molar-refractivity contribution < 1.29 is 14.5 Å². The van der Waals surface area contributed by atoms with Gasteiger partial charge in [-0.25, -0.2) is 0 Å². The first-order valence-corrected chi connectivity index (χ1v) is 8.90. The van der Waals surface area contributed by atoms with Gasteiger partial charge in [-0.2, -0.15) is 0 Å². The molecule has 5 nitrogen and oxygen atoms in total. The van der Waals surface area contributed by atoms with Gasteiger partial charge in [-0.05, 0) is 6.04 Å². The molecule has 0 unspecified atom stereocenters. The van der Waals surface area contributed by atoms with Crippen LogP contribution in [0.2, 0.25) is 6.04 Å². The van der Waals surface area contributed by atoms with Gasteiger partial charge in [0.05, 0.1) is 0 Å². The number of rotatable bonds is 6. The molecule has 0 bridgehead atoms. The van der Waals surface area contributed by atoms with E-state index in [4.69, 9.17) is 33.2 Å². The average molecular weight is 281 g/mol. The molecule has 0 saturated carbocycles. The van der Waals surface area contributed by atoms with Crippen LogP contribution in [0.25, 0.3) is 0 Å². The van der Waals surface area contributed by atoms with Crippen LogP contribution in [0.1, 0.15) is 6.42 Å². The fourth-order valence-corrected chi connectivity index (χ4v) is 1.89. The van der Waals surface area contributed by atoms with Crippen LogP contribution >= 0.6 is 33.2 Å². The first-order valence-electron chi connectivity index (χ1n) is 3.65. The van der Waals surface area contributed by atoms with Gasteiger partial charge in [0.15, 0.2) is 6.61 Å². The van der Waals surface area contributed by atoms with E-state index in [1.165, 1.54) is 0 Å². The van der Waals surface area contributed by atoms with E-state index in [9.17, 15) is 14.9 Å². The molecular formula is C5H8Cl3NO4Si. The molecule has 0 N–H and O–H groups in total. The third-order valence-corrected chi connectivity index (χ3v) is 3.67. The van der Waals surface area contributed by atoms with E-state index >= 15 is 0 Å². The molecule has 0 heterocycles. The van der Waals surface area contributed by atoms with Crippen molar-refractivity contribution in [1.82, 2.24) is 0 Å². The van der Waals surface area contributed by atoms with Gasteiger partial charge in [0.2, 0.25) is 6.54 Å². The molecule has 0 spiro atoms. The van der Waals surface area contributed by atoms with Crippen LogP contribution in [-0.4, -0.2) is 30.0 Å². The van der Waals surface area contributed by atoms with Gasteiger partial charge in [-0.15, -0.1) is 33.2 Å². The monoisotopic (exact) mass is 279 g/mol. The van der Waals surface area contributed by atoms with Crippen LogP contribution in [0.4, 0.5) is 0 Å². The van der Waals surface area contributed by atoms with E-state index in [0.29, 0.717) is 0 Å². The smallest absolute Gasteiger partial charge is 0.341 e. The fraction of sp³-hybridized carbons (Fsp3) is 0.800. The van der Waals surface area contributed by atoms with Crippen LogP contribution in [0, 0.1) is 10.1 Å². The summed E-state index contributed by atoms with van der Waals surface area (Å²) in [5, 5.41) is 9.86. The van der Waals surface area contributed by atoms with E-state index in [-0.39, 0.29) is 19.1 Å². The molecule has 0 aromatic rings. The van der Waals surface area contributed by atoms with Crippen molar-refractivity contribution in [2.45, 2.75) is 12.5 Å². The Hall–Kier alpha value is -0.0431. The van der Waals surface area contributed by atoms with Crippen molar-refractivity contribution in [1.29, 1.82) is 0 Å². The van der Waals surface area contributed by atoms with Gasteiger partial charge in [0.1, 0.15) is 0 Å². The minimum atomic E-state index is -2.80. The van der Waals surface area contributed by atoms with Crippen molar-refractivity contribution in [3.63, 3.8) is 0 Å². The number of nitro groups is 1. The summed E-state index contributed by atoms with van der Waals surface area (Å²) in [7, 11) is 0. The standard InChI is InChI=1S/C5H8Cl3NO4Si/c6-14(7,8)4-1-5(10)13-3-2-9(11)12/h1-4H2. The molecule has 0 aliphatic rings. The summed E-state index contributed by atoms with van der Waals surface area (Å²) in [5.41, 5.74) is 0. The Morgan fingerprint density at radius 3 is 2.43 bits per heavy atom. The molecule has 0 aliphatic heterocycles. The molecule has 0 saturated heterocycles. The van der Waals surface area contributed by atoms with Crippen molar-refractivity contribution in [3.05, 3.63) is 10.1 Å². The predicted octanol–water partition coefficient (Wildman–Crippen LogP) is 1.85. The Kier molecular flexibility index (Phi) is 6.42. The van der Waals surface area contributed by atoms with E-state index in [1.54, 1.807) is 0 Å². The molecule has 82 valence electrons. The first kappa shape index (κ1) is 14.0. The zero-order chi connectivity index (χ0) is 11.2. The summed E-state index contributed by atoms with van der Waals surface area (Å²) in [6, 6.07) is -2.64. The number of ether oxygens (including phenoxy) is 1. The molecule has 0 fully saturated rings. The van der Waals surface area contributed by atoms with Gasteiger partial charge < -0.3 is 4.74 Å². The highest BCUT2D eigenvalue weighted by Crippen LogP contribution is 2.26. The fourth-order valence-electron chi connectivity index (χ4n) is 0.550. The second-order valence-electron chi connectivity index (χ2n) is 2.39. The van der Waals surface area contributed by atoms with E-state index in [1.807, 2.05) is 0 Å². The molecule has 0 aromatic heterocycles. The Bertz CT molecular complexity index is 220. The maximum Gasteiger partial charge on any atom is 0.341 e. The molecular weight excluding hydrogens is 273 g/mol. The zero-order valence-electron chi connectivity index (χ0n) is 7.04. The minimum absolute atomic E-state index is 0.0135. The van der Waals surface area contributed by atoms with Crippen molar-refractivity contribution in [2.24, 2.45) is 0 Å². The third-order valence-electron chi connectivity index (χ3n) is 1.15. The van der Waals surface area contributed by atoms with Crippen LogP contribution < -0.4 is 0 Å². The molecule has 14 heavy (non-hydrogen) atoms. The summed E-state index contributed by atoms with van der Waals surface area (Å²) in [6.45, 7) is -0.649. The third kappa shape index (κ3) is 10.0. The predicted molar refractivity (Wildman–Crippen MR) is 55.6 cm³/mol. The van der Waals surface area contributed by atoms with Crippen molar-refractivity contribution in [3.8, 4) is 0 Å². The molecule has 0 rings (SSSR count). The lowest BCUT2D eigenvalue weighted by molar-refractivity contribution is -0.482. The second-order valence-corrected chi connectivity index (χ2v) is 11.7. The van der Waals surface area contributed by atoms with Crippen LogP contribution in [0.3, 0.4) is 0 Å². The highest BCUT2D eigenvalue weighted by atomic mass is 35.8. The average Bonchev–Trinajstić information content (AvgIpc) is 1.99. The van der Waals surface area contributed by atoms with Crippen LogP contribution in [-0.2, 0) is 9.53 Å². The maximum absolute atomic E-state index is 10.9. The van der Waals surface area contributed by atoms with Gasteiger partial charge in [-0.3, -0.25) is 14.9 Å². The number of halogens is 3. The molecule has 0 amide bonds. The Labute approximate surface area is 95.5 Å². The molecule has 0 atom stereocenters. The molecule has 9 heteroatoms. The Morgan fingerprint density at radius 1 is 1.43 bits per heavy atom. The first-order chi connectivity index (χ1) is 6.31. The van der Waals surface area contributed by atoms with Gasteiger partial charge in [0.25, 0.3) is 0 Å². The molecule has 0 aliphatic carbocycles. The Balaban J connectivity index is 3.52. The maximum atomic E-state index is 10.9. The molecule has 0 radical (unpaired) electrons. The van der Waals surface area contributed by atoms with Crippen molar-refractivity contribution >= 4 is 45.2 Å². The highest BCUT2D eigenvalue weighted by Gasteiger charge is 2.26. The van der Waals surface area contributed by atoms with E-state index in [0.717, 1.165) is 0 Å². The quantitative estimate of drug-likeness (QED) is 0.245. The second kappa shape index (κ2) is 6.44. The number of carbonyl (C=O) groups is 1. The van der Waals surface area contributed by atoms with Gasteiger partial charge >= 0.3 is 12.0 Å². The van der Waals surface area contributed by atoms with Crippen LogP contribution in [0.15, 0.2) is 0 Å². The SMILES string of the molecule is O=C(CC[Si](Cl)(Cl)Cl)OCC[N+](=O)[O-]. The zero-order valence-corrected chi connectivity index (χ0v) is 10.3. The summed E-state index contributed by atoms with van der Waals surface area (Å²) in [6.07, 6.45) is -0.0135. The number of carbonyl (C=O) groups excluding carboxylic acids is 1. The molecule has 0 aromatic carbocycles. The largest absolute Gasteiger partial charge is 0.459 e. The normalized spacial score (nSPS) is 11.1. The van der Waals surface area contributed by atoms with Gasteiger partial charge in [0, 0.05) is 11.3 Å².